The van der Waals surface area contributed by atoms with Gasteiger partial charge in [0, 0.05) is 30.6 Å². The van der Waals surface area contributed by atoms with Gasteiger partial charge < -0.3 is 9.80 Å². The molecule has 0 radical (unpaired) electrons. The number of rotatable bonds is 4. The van der Waals surface area contributed by atoms with E-state index in [-0.39, 0.29) is 30.2 Å². The Morgan fingerprint density at radius 2 is 2.09 bits per heavy atom. The van der Waals surface area contributed by atoms with Crippen LogP contribution in [-0.2, 0) is 9.59 Å². The van der Waals surface area contributed by atoms with Crippen LogP contribution in [0.3, 0.4) is 0 Å². The Morgan fingerprint density at radius 3 is 2.83 bits per heavy atom. The largest absolute Gasteiger partial charge is 0.341 e. The molecule has 1 saturated carbocycles. The summed E-state index contributed by atoms with van der Waals surface area (Å²) in [6, 6.07) is 7.73. The Morgan fingerprint density at radius 1 is 1.30 bits per heavy atom. The van der Waals surface area contributed by atoms with E-state index >= 15 is 0 Å². The quantitative estimate of drug-likeness (QED) is 0.849. The zero-order valence-corrected chi connectivity index (χ0v) is 14.3. The number of carbonyl (C=O) groups is 2. The summed E-state index contributed by atoms with van der Waals surface area (Å²) < 4.78 is 0. The molecule has 0 bridgehead atoms. The molecular formula is C18H23ClN2O2. The number of benzene rings is 1. The number of carbonyl (C=O) groups excluding carboxylic acids is 2. The summed E-state index contributed by atoms with van der Waals surface area (Å²) >= 11 is 6.23. The van der Waals surface area contributed by atoms with Crippen molar-refractivity contribution in [3.8, 4) is 0 Å². The lowest BCUT2D eigenvalue weighted by Crippen LogP contribution is -2.40. The first kappa shape index (κ1) is 16.3. The van der Waals surface area contributed by atoms with Crippen LogP contribution in [0.2, 0.25) is 5.02 Å². The van der Waals surface area contributed by atoms with Crippen LogP contribution in [0.15, 0.2) is 24.3 Å². The molecule has 1 heterocycles. The highest BCUT2D eigenvalue weighted by atomic mass is 35.5. The summed E-state index contributed by atoms with van der Waals surface area (Å²) in [5.41, 5.74) is 1.06. The number of amides is 2. The zero-order valence-electron chi connectivity index (χ0n) is 13.5. The molecule has 1 aromatic rings. The van der Waals surface area contributed by atoms with Crippen LogP contribution < -0.4 is 0 Å². The van der Waals surface area contributed by atoms with Crippen molar-refractivity contribution in [1.82, 2.24) is 9.80 Å². The van der Waals surface area contributed by atoms with Gasteiger partial charge >= 0.3 is 0 Å². The lowest BCUT2D eigenvalue weighted by atomic mass is 10.1. The van der Waals surface area contributed by atoms with Gasteiger partial charge in [-0.05, 0) is 36.8 Å². The molecule has 2 amide bonds. The third kappa shape index (κ3) is 3.52. The summed E-state index contributed by atoms with van der Waals surface area (Å²) in [6.45, 7) is 4.52. The van der Waals surface area contributed by atoms with Gasteiger partial charge in [0.05, 0.1) is 6.54 Å². The summed E-state index contributed by atoms with van der Waals surface area (Å²) in [4.78, 5) is 28.6. The lowest BCUT2D eigenvalue weighted by Gasteiger charge is -2.21. The molecular weight excluding hydrogens is 312 g/mol. The minimum absolute atomic E-state index is 0.0135. The molecule has 1 aromatic carbocycles. The molecule has 124 valence electrons. The van der Waals surface area contributed by atoms with Crippen LogP contribution in [0.4, 0.5) is 0 Å². The van der Waals surface area contributed by atoms with Crippen molar-refractivity contribution < 1.29 is 9.59 Å². The number of nitrogens with zero attached hydrogens (tertiary/aromatic N) is 2. The van der Waals surface area contributed by atoms with Gasteiger partial charge in [0.15, 0.2) is 0 Å². The molecule has 5 heteroatoms. The van der Waals surface area contributed by atoms with Crippen LogP contribution in [0.1, 0.15) is 37.7 Å². The van der Waals surface area contributed by atoms with Gasteiger partial charge in [-0.3, -0.25) is 9.59 Å². The summed E-state index contributed by atoms with van der Waals surface area (Å²) in [5, 5.41) is 0.730. The first-order chi connectivity index (χ1) is 11.1. The Hall–Kier alpha value is -1.55. The zero-order chi connectivity index (χ0) is 16.4. The lowest BCUT2D eigenvalue weighted by molar-refractivity contribution is -0.139. The van der Waals surface area contributed by atoms with E-state index in [1.807, 2.05) is 29.2 Å². The first-order valence-electron chi connectivity index (χ1n) is 8.42. The van der Waals surface area contributed by atoms with E-state index in [0.29, 0.717) is 6.54 Å². The standard InChI is InChI=1S/C18H23ClN2O2/c1-2-8-20-9-5-10-21(12-17(20)22)18(23)15-11-14(15)13-6-3-4-7-16(13)19/h3-4,6-7,14-15H,2,5,8-12H2,1H3. The normalized spacial score (nSPS) is 24.5. The molecule has 3 rings (SSSR count). The van der Waals surface area contributed by atoms with E-state index in [9.17, 15) is 9.59 Å². The molecule has 4 nitrogen and oxygen atoms in total. The van der Waals surface area contributed by atoms with Gasteiger partial charge in [0.2, 0.25) is 11.8 Å². The number of hydrogen-bond donors (Lipinski definition) is 0. The number of halogens is 1. The third-order valence-corrected chi connectivity index (χ3v) is 5.10. The molecule has 0 spiro atoms. The maximum Gasteiger partial charge on any atom is 0.242 e. The van der Waals surface area contributed by atoms with E-state index in [1.165, 1.54) is 0 Å². The van der Waals surface area contributed by atoms with Crippen molar-refractivity contribution in [1.29, 1.82) is 0 Å². The van der Waals surface area contributed by atoms with Crippen molar-refractivity contribution >= 4 is 23.4 Å². The summed E-state index contributed by atoms with van der Waals surface area (Å²) in [7, 11) is 0. The second kappa shape index (κ2) is 6.91. The second-order valence-corrected chi connectivity index (χ2v) is 6.87. The minimum atomic E-state index is -0.0135. The van der Waals surface area contributed by atoms with E-state index in [0.717, 1.165) is 42.9 Å². The van der Waals surface area contributed by atoms with E-state index in [1.54, 1.807) is 4.90 Å². The Labute approximate surface area is 142 Å². The van der Waals surface area contributed by atoms with Crippen LogP contribution in [-0.4, -0.2) is 47.8 Å². The van der Waals surface area contributed by atoms with Gasteiger partial charge in [-0.25, -0.2) is 0 Å². The molecule has 1 saturated heterocycles. The predicted octanol–water partition coefficient (Wildman–Crippen LogP) is 2.91. The maximum absolute atomic E-state index is 12.7. The highest BCUT2D eigenvalue weighted by Crippen LogP contribution is 2.50. The van der Waals surface area contributed by atoms with E-state index in [2.05, 4.69) is 6.92 Å². The molecule has 2 fully saturated rings. The molecule has 2 unspecified atom stereocenters. The van der Waals surface area contributed by atoms with Crippen LogP contribution in [0.5, 0.6) is 0 Å². The van der Waals surface area contributed by atoms with E-state index in [4.69, 9.17) is 11.6 Å². The maximum atomic E-state index is 12.7. The van der Waals surface area contributed by atoms with Crippen molar-refractivity contribution in [2.24, 2.45) is 5.92 Å². The smallest absolute Gasteiger partial charge is 0.242 e. The van der Waals surface area contributed by atoms with Crippen molar-refractivity contribution in [2.45, 2.75) is 32.1 Å². The minimum Gasteiger partial charge on any atom is -0.341 e. The fourth-order valence-electron chi connectivity index (χ4n) is 3.44. The Kier molecular flexibility index (Phi) is 4.90. The molecule has 1 aliphatic heterocycles. The first-order valence-corrected chi connectivity index (χ1v) is 8.80. The monoisotopic (exact) mass is 334 g/mol. The molecule has 2 atom stereocenters. The third-order valence-electron chi connectivity index (χ3n) is 4.75. The van der Waals surface area contributed by atoms with Gasteiger partial charge in [-0.1, -0.05) is 36.7 Å². The highest BCUT2D eigenvalue weighted by molar-refractivity contribution is 6.31. The van der Waals surface area contributed by atoms with Crippen LogP contribution in [0.25, 0.3) is 0 Å². The summed E-state index contributed by atoms with van der Waals surface area (Å²) in [6.07, 6.45) is 2.66. The highest BCUT2D eigenvalue weighted by Gasteiger charge is 2.47. The molecule has 2 aliphatic rings. The van der Waals surface area contributed by atoms with Crippen molar-refractivity contribution in [3.63, 3.8) is 0 Å². The fraction of sp³-hybridized carbons (Fsp3) is 0.556. The number of hydrogen-bond acceptors (Lipinski definition) is 2. The average Bonchev–Trinajstić information content (AvgIpc) is 3.34. The molecule has 0 aromatic heterocycles. The molecule has 0 N–H and O–H groups in total. The molecule has 23 heavy (non-hydrogen) atoms. The predicted molar refractivity (Wildman–Crippen MR) is 90.4 cm³/mol. The molecule has 1 aliphatic carbocycles. The SMILES string of the molecule is CCCN1CCCN(C(=O)C2CC2c2ccccc2Cl)CC1=O. The van der Waals surface area contributed by atoms with Gasteiger partial charge in [-0.2, -0.15) is 0 Å². The van der Waals surface area contributed by atoms with Gasteiger partial charge in [-0.15, -0.1) is 0 Å². The van der Waals surface area contributed by atoms with Gasteiger partial charge in [0.1, 0.15) is 0 Å². The summed E-state index contributed by atoms with van der Waals surface area (Å²) in [5.74, 6) is 0.385. The van der Waals surface area contributed by atoms with E-state index < -0.39 is 0 Å². The average molecular weight is 335 g/mol. The topological polar surface area (TPSA) is 40.6 Å². The Balaban J connectivity index is 1.63. The van der Waals surface area contributed by atoms with Crippen LogP contribution >= 0.6 is 11.6 Å². The Bertz CT molecular complexity index is 604. The fourth-order valence-corrected chi connectivity index (χ4v) is 3.71. The second-order valence-electron chi connectivity index (χ2n) is 6.46. The van der Waals surface area contributed by atoms with Gasteiger partial charge in [0.25, 0.3) is 0 Å². The van der Waals surface area contributed by atoms with Crippen molar-refractivity contribution in [3.05, 3.63) is 34.9 Å². The van der Waals surface area contributed by atoms with Crippen molar-refractivity contribution in [2.75, 3.05) is 26.2 Å². The van der Waals surface area contributed by atoms with Crippen LogP contribution in [0, 0.1) is 5.92 Å².